The van der Waals surface area contributed by atoms with Crippen molar-refractivity contribution in [1.29, 1.82) is 0 Å². The molecule has 2 N–H and O–H groups in total. The van der Waals surface area contributed by atoms with Gasteiger partial charge in [-0.05, 0) is 51.4 Å². The number of nitrogens with zero attached hydrogens (tertiary/aromatic N) is 5. The zero-order chi connectivity index (χ0) is 24.2. The first-order valence-corrected chi connectivity index (χ1v) is 14.7. The SMILES string of the molecule is C[C@H](Nc1cc(C(=O)N2CCC(NS(=O)(=O)C3CC3)CC2)nc(-c2cnn3ccsc23)n1)C1CC1. The van der Waals surface area contributed by atoms with Crippen molar-refractivity contribution in [2.75, 3.05) is 18.4 Å². The zero-order valence-electron chi connectivity index (χ0n) is 19.6. The summed E-state index contributed by atoms with van der Waals surface area (Å²) >= 11 is 1.55. The lowest BCUT2D eigenvalue weighted by Crippen LogP contribution is -2.47. The molecule has 1 amide bonds. The number of nitrogens with one attached hydrogen (secondary N) is 2. The molecule has 2 aliphatic carbocycles. The molecule has 0 spiro atoms. The van der Waals surface area contributed by atoms with Crippen molar-refractivity contribution in [1.82, 2.24) is 29.2 Å². The van der Waals surface area contributed by atoms with E-state index >= 15 is 0 Å². The molecule has 0 bridgehead atoms. The van der Waals surface area contributed by atoms with Crippen LogP contribution in [0.2, 0.25) is 0 Å². The standard InChI is InChI=1S/C23H29N7O3S2/c1-14(15-2-3-15)25-20-12-19(26-21(27-20)18-13-24-30-10-11-34-23(18)30)22(31)29-8-6-16(7-9-29)28-35(32,33)17-4-5-17/h10-17,28H,2-9H2,1H3,(H,25,26,27)/t14-/m0/s1. The molecule has 0 unspecified atom stereocenters. The zero-order valence-corrected chi connectivity index (χ0v) is 21.2. The van der Waals surface area contributed by atoms with E-state index in [4.69, 9.17) is 4.98 Å². The van der Waals surface area contributed by atoms with Gasteiger partial charge < -0.3 is 10.2 Å². The second-order valence-electron chi connectivity index (χ2n) is 9.87. The van der Waals surface area contributed by atoms with Crippen LogP contribution in [0.3, 0.4) is 0 Å². The van der Waals surface area contributed by atoms with E-state index < -0.39 is 10.0 Å². The number of sulfonamides is 1. The van der Waals surface area contributed by atoms with E-state index in [1.807, 2.05) is 11.6 Å². The van der Waals surface area contributed by atoms with Crippen LogP contribution in [-0.2, 0) is 10.0 Å². The number of fused-ring (bicyclic) bond motifs is 1. The lowest BCUT2D eigenvalue weighted by molar-refractivity contribution is 0.0705. The molecule has 12 heteroatoms. The summed E-state index contributed by atoms with van der Waals surface area (Å²) in [5, 5.41) is 9.57. The van der Waals surface area contributed by atoms with E-state index in [-0.39, 0.29) is 23.2 Å². The monoisotopic (exact) mass is 515 g/mol. The first kappa shape index (κ1) is 22.9. The second kappa shape index (κ2) is 8.82. The van der Waals surface area contributed by atoms with Gasteiger partial charge in [-0.3, -0.25) is 4.79 Å². The Balaban J connectivity index is 1.22. The summed E-state index contributed by atoms with van der Waals surface area (Å²) in [6.07, 6.45) is 8.71. The topological polar surface area (TPSA) is 122 Å². The maximum atomic E-state index is 13.5. The summed E-state index contributed by atoms with van der Waals surface area (Å²) in [4.78, 5) is 25.6. The summed E-state index contributed by atoms with van der Waals surface area (Å²) in [6, 6.07) is 1.88. The van der Waals surface area contributed by atoms with Gasteiger partial charge >= 0.3 is 0 Å². The highest BCUT2D eigenvalue weighted by molar-refractivity contribution is 7.90. The van der Waals surface area contributed by atoms with Crippen molar-refractivity contribution in [2.45, 2.75) is 62.8 Å². The third-order valence-electron chi connectivity index (χ3n) is 7.10. The molecule has 6 rings (SSSR count). The van der Waals surface area contributed by atoms with Crippen LogP contribution >= 0.6 is 11.3 Å². The van der Waals surface area contributed by atoms with E-state index in [1.54, 1.807) is 33.0 Å². The Labute approximate surface area is 208 Å². The number of aromatic nitrogens is 4. The van der Waals surface area contributed by atoms with Gasteiger partial charge in [-0.1, -0.05) is 0 Å². The highest BCUT2D eigenvalue weighted by Gasteiger charge is 2.38. The van der Waals surface area contributed by atoms with Gasteiger partial charge in [-0.25, -0.2) is 27.6 Å². The number of anilines is 1. The van der Waals surface area contributed by atoms with Crippen LogP contribution in [0.5, 0.6) is 0 Å². The molecular weight excluding hydrogens is 486 g/mol. The van der Waals surface area contributed by atoms with Gasteiger partial charge in [0.1, 0.15) is 16.3 Å². The maximum Gasteiger partial charge on any atom is 0.272 e. The van der Waals surface area contributed by atoms with Crippen molar-refractivity contribution in [2.24, 2.45) is 5.92 Å². The molecule has 3 aromatic heterocycles. The molecule has 3 aromatic rings. The largest absolute Gasteiger partial charge is 0.367 e. The van der Waals surface area contributed by atoms with Gasteiger partial charge in [0.15, 0.2) is 5.82 Å². The van der Waals surface area contributed by atoms with Crippen LogP contribution < -0.4 is 10.0 Å². The Morgan fingerprint density at radius 1 is 1.14 bits per heavy atom. The first-order valence-electron chi connectivity index (χ1n) is 12.2. The minimum absolute atomic E-state index is 0.123. The molecule has 0 aromatic carbocycles. The molecule has 2 saturated carbocycles. The molecule has 35 heavy (non-hydrogen) atoms. The molecule has 186 valence electrons. The van der Waals surface area contributed by atoms with E-state index in [0.29, 0.717) is 49.2 Å². The predicted octanol–water partition coefficient (Wildman–Crippen LogP) is 2.75. The Hall–Kier alpha value is -2.57. The van der Waals surface area contributed by atoms with Crippen molar-refractivity contribution in [3.05, 3.63) is 29.5 Å². The summed E-state index contributed by atoms with van der Waals surface area (Å²) in [6.45, 7) is 3.12. The predicted molar refractivity (Wildman–Crippen MR) is 134 cm³/mol. The average molecular weight is 516 g/mol. The number of carbonyl (C=O) groups is 1. The van der Waals surface area contributed by atoms with Gasteiger partial charge in [0.25, 0.3) is 5.91 Å². The van der Waals surface area contributed by atoms with Gasteiger partial charge in [0.05, 0.1) is 17.0 Å². The van der Waals surface area contributed by atoms with Gasteiger partial charge in [-0.2, -0.15) is 5.10 Å². The summed E-state index contributed by atoms with van der Waals surface area (Å²) < 4.78 is 29.2. The normalized spacial score (nSPS) is 20.3. The number of likely N-dealkylation sites (tertiary alicyclic amines) is 1. The smallest absolute Gasteiger partial charge is 0.272 e. The van der Waals surface area contributed by atoms with E-state index in [1.165, 1.54) is 12.8 Å². The first-order chi connectivity index (χ1) is 16.9. The second-order valence-corrected chi connectivity index (χ2v) is 12.8. The van der Waals surface area contributed by atoms with E-state index in [9.17, 15) is 13.2 Å². The molecule has 3 fully saturated rings. The lowest BCUT2D eigenvalue weighted by atomic mass is 10.1. The van der Waals surface area contributed by atoms with Crippen LogP contribution in [0.1, 0.15) is 55.9 Å². The Morgan fingerprint density at radius 3 is 2.63 bits per heavy atom. The van der Waals surface area contributed by atoms with Crippen LogP contribution in [-0.4, -0.2) is 69.2 Å². The molecule has 4 heterocycles. The van der Waals surface area contributed by atoms with Crippen LogP contribution in [0.4, 0.5) is 5.82 Å². The lowest BCUT2D eigenvalue weighted by Gasteiger charge is -2.32. The Morgan fingerprint density at radius 2 is 1.91 bits per heavy atom. The summed E-state index contributed by atoms with van der Waals surface area (Å²) in [5.41, 5.74) is 1.14. The number of hydrogen-bond donors (Lipinski definition) is 2. The van der Waals surface area contributed by atoms with Crippen LogP contribution in [0.25, 0.3) is 16.2 Å². The van der Waals surface area contributed by atoms with E-state index in [2.05, 4.69) is 27.0 Å². The van der Waals surface area contributed by atoms with Crippen molar-refractivity contribution >= 4 is 37.9 Å². The van der Waals surface area contributed by atoms with Crippen molar-refractivity contribution in [3.8, 4) is 11.4 Å². The molecular formula is C23H29N7O3S2. The fourth-order valence-corrected chi connectivity index (χ4v) is 7.09. The fourth-order valence-electron chi connectivity index (χ4n) is 4.65. The molecule has 3 aliphatic rings. The fraction of sp³-hybridized carbons (Fsp3) is 0.565. The third-order valence-corrected chi connectivity index (χ3v) is 10.00. The van der Waals surface area contributed by atoms with Gasteiger partial charge in [-0.15, -0.1) is 11.3 Å². The minimum atomic E-state index is -3.23. The van der Waals surface area contributed by atoms with Gasteiger partial charge in [0.2, 0.25) is 10.0 Å². The number of piperidine rings is 1. The number of carbonyl (C=O) groups excluding carboxylic acids is 1. The molecule has 1 saturated heterocycles. The molecule has 1 aliphatic heterocycles. The minimum Gasteiger partial charge on any atom is -0.367 e. The maximum absolute atomic E-state index is 13.5. The van der Waals surface area contributed by atoms with Crippen molar-refractivity contribution in [3.63, 3.8) is 0 Å². The van der Waals surface area contributed by atoms with E-state index in [0.717, 1.165) is 23.2 Å². The van der Waals surface area contributed by atoms with Gasteiger partial charge in [0, 0.05) is 42.8 Å². The quantitative estimate of drug-likeness (QED) is 0.473. The summed E-state index contributed by atoms with van der Waals surface area (Å²) in [5.74, 6) is 1.59. The third kappa shape index (κ3) is 4.78. The molecule has 10 nitrogen and oxygen atoms in total. The highest BCUT2D eigenvalue weighted by Crippen LogP contribution is 2.34. The molecule has 0 radical (unpaired) electrons. The Bertz CT molecular complexity index is 1350. The number of amides is 1. The molecule has 1 atom stereocenters. The van der Waals surface area contributed by atoms with Crippen molar-refractivity contribution < 1.29 is 13.2 Å². The number of thiazole rings is 1. The number of hydrogen-bond acceptors (Lipinski definition) is 8. The summed E-state index contributed by atoms with van der Waals surface area (Å²) in [7, 11) is -3.23. The Kier molecular flexibility index (Phi) is 5.76. The van der Waals surface area contributed by atoms with Crippen LogP contribution in [0, 0.1) is 5.92 Å². The van der Waals surface area contributed by atoms with Crippen LogP contribution in [0.15, 0.2) is 23.8 Å². The average Bonchev–Trinajstić information content (AvgIpc) is 3.76. The number of rotatable bonds is 8. The highest BCUT2D eigenvalue weighted by atomic mass is 32.2.